The zero-order chi connectivity index (χ0) is 12.7. The SMILES string of the molecule is CCc1nn(-c2ccc(C)nn2)c2n[nH]c(N)c12. The van der Waals surface area contributed by atoms with Crippen LogP contribution < -0.4 is 5.73 Å². The number of H-pyrrole nitrogens is 1. The van der Waals surface area contributed by atoms with Crippen molar-refractivity contribution in [2.45, 2.75) is 20.3 Å². The number of hydrogen-bond donors (Lipinski definition) is 2. The molecular weight excluding hydrogens is 230 g/mol. The third-order valence-electron chi connectivity index (χ3n) is 2.82. The molecule has 0 radical (unpaired) electrons. The lowest BCUT2D eigenvalue weighted by atomic mass is 10.2. The second-order valence-corrected chi connectivity index (χ2v) is 4.08. The number of anilines is 1. The minimum absolute atomic E-state index is 0.535. The third kappa shape index (κ3) is 1.44. The molecule has 0 aromatic carbocycles. The van der Waals surface area contributed by atoms with Crippen LogP contribution in [0, 0.1) is 6.92 Å². The van der Waals surface area contributed by atoms with Gasteiger partial charge in [-0.05, 0) is 25.5 Å². The van der Waals surface area contributed by atoms with Crippen LogP contribution in [0.1, 0.15) is 18.3 Å². The summed E-state index contributed by atoms with van der Waals surface area (Å²) in [6.45, 7) is 3.92. The van der Waals surface area contributed by atoms with Gasteiger partial charge in [0.25, 0.3) is 0 Å². The molecular formula is C11H13N7. The lowest BCUT2D eigenvalue weighted by Crippen LogP contribution is -2.03. The summed E-state index contributed by atoms with van der Waals surface area (Å²) >= 11 is 0. The maximum atomic E-state index is 5.86. The van der Waals surface area contributed by atoms with Crippen molar-refractivity contribution in [3.63, 3.8) is 0 Å². The normalized spacial score (nSPS) is 11.2. The molecule has 0 aliphatic carbocycles. The summed E-state index contributed by atoms with van der Waals surface area (Å²) < 4.78 is 1.66. The Balaban J connectivity index is 2.26. The van der Waals surface area contributed by atoms with Crippen LogP contribution in [0.25, 0.3) is 16.9 Å². The average Bonchev–Trinajstić information content (AvgIpc) is 2.92. The summed E-state index contributed by atoms with van der Waals surface area (Å²) in [5, 5.41) is 20.4. The quantitative estimate of drug-likeness (QED) is 0.699. The van der Waals surface area contributed by atoms with E-state index >= 15 is 0 Å². The summed E-state index contributed by atoms with van der Waals surface area (Å²) in [6.07, 6.45) is 0.784. The second-order valence-electron chi connectivity index (χ2n) is 4.08. The predicted octanol–water partition coefficient (Wildman–Crippen LogP) is 0.992. The van der Waals surface area contributed by atoms with Crippen LogP contribution in [-0.4, -0.2) is 30.2 Å². The number of fused-ring (bicyclic) bond motifs is 1. The molecule has 0 atom stereocenters. The molecule has 3 rings (SSSR count). The lowest BCUT2D eigenvalue weighted by Gasteiger charge is -1.99. The fraction of sp³-hybridized carbons (Fsp3) is 0.273. The van der Waals surface area contributed by atoms with Gasteiger partial charge in [-0.1, -0.05) is 6.92 Å². The number of nitrogens with two attached hydrogens (primary N) is 1. The maximum Gasteiger partial charge on any atom is 0.188 e. The Kier molecular flexibility index (Phi) is 2.26. The summed E-state index contributed by atoms with van der Waals surface area (Å²) in [5.74, 6) is 1.17. The molecule has 0 unspecified atom stereocenters. The minimum Gasteiger partial charge on any atom is -0.383 e. The molecule has 0 spiro atoms. The van der Waals surface area contributed by atoms with E-state index in [0.29, 0.717) is 17.3 Å². The number of aryl methyl sites for hydroxylation is 2. The van der Waals surface area contributed by atoms with Crippen LogP contribution in [0.4, 0.5) is 5.82 Å². The molecule has 0 saturated carbocycles. The molecule has 92 valence electrons. The summed E-state index contributed by atoms with van der Waals surface area (Å²) in [7, 11) is 0. The molecule has 0 fully saturated rings. The number of aromatic nitrogens is 6. The van der Waals surface area contributed by atoms with E-state index in [4.69, 9.17) is 5.73 Å². The molecule has 0 aliphatic heterocycles. The van der Waals surface area contributed by atoms with Crippen molar-refractivity contribution < 1.29 is 0 Å². The fourth-order valence-electron chi connectivity index (χ4n) is 1.91. The Morgan fingerprint density at radius 1 is 1.33 bits per heavy atom. The highest BCUT2D eigenvalue weighted by Gasteiger charge is 2.17. The van der Waals surface area contributed by atoms with Crippen LogP contribution in [0.3, 0.4) is 0 Å². The van der Waals surface area contributed by atoms with E-state index in [0.717, 1.165) is 23.2 Å². The fourth-order valence-corrected chi connectivity index (χ4v) is 1.91. The van der Waals surface area contributed by atoms with Gasteiger partial charge in [0.1, 0.15) is 5.82 Å². The molecule has 7 heteroatoms. The van der Waals surface area contributed by atoms with E-state index in [1.54, 1.807) is 4.68 Å². The second kappa shape index (κ2) is 3.80. The highest BCUT2D eigenvalue weighted by atomic mass is 15.4. The van der Waals surface area contributed by atoms with E-state index in [1.807, 2.05) is 26.0 Å². The van der Waals surface area contributed by atoms with Crippen molar-refractivity contribution in [2.24, 2.45) is 0 Å². The molecule has 3 heterocycles. The van der Waals surface area contributed by atoms with Gasteiger partial charge >= 0.3 is 0 Å². The zero-order valence-corrected chi connectivity index (χ0v) is 10.2. The van der Waals surface area contributed by atoms with Crippen LogP contribution >= 0.6 is 0 Å². The molecule has 3 N–H and O–H groups in total. The van der Waals surface area contributed by atoms with Gasteiger partial charge in [0.15, 0.2) is 11.5 Å². The van der Waals surface area contributed by atoms with E-state index in [9.17, 15) is 0 Å². The van der Waals surface area contributed by atoms with Crippen molar-refractivity contribution in [3.05, 3.63) is 23.5 Å². The minimum atomic E-state index is 0.535. The van der Waals surface area contributed by atoms with E-state index in [2.05, 4.69) is 25.5 Å². The van der Waals surface area contributed by atoms with Gasteiger partial charge in [0, 0.05) is 0 Å². The summed E-state index contributed by atoms with van der Waals surface area (Å²) in [4.78, 5) is 0. The molecule has 0 amide bonds. The van der Waals surface area contributed by atoms with E-state index in [-0.39, 0.29) is 0 Å². The van der Waals surface area contributed by atoms with Crippen LogP contribution in [0.5, 0.6) is 0 Å². The molecule has 0 saturated heterocycles. The number of hydrogen-bond acceptors (Lipinski definition) is 5. The first kappa shape index (κ1) is 10.7. The Hall–Kier alpha value is -2.44. The summed E-state index contributed by atoms with van der Waals surface area (Å²) in [5.41, 5.74) is 8.31. The highest BCUT2D eigenvalue weighted by Crippen LogP contribution is 2.24. The van der Waals surface area contributed by atoms with Crippen molar-refractivity contribution in [1.29, 1.82) is 0 Å². The van der Waals surface area contributed by atoms with Gasteiger partial charge in [-0.25, -0.2) is 0 Å². The van der Waals surface area contributed by atoms with Crippen molar-refractivity contribution >= 4 is 16.9 Å². The first-order valence-corrected chi connectivity index (χ1v) is 5.73. The Morgan fingerprint density at radius 3 is 2.83 bits per heavy atom. The Bertz CT molecular complexity index is 692. The Morgan fingerprint density at radius 2 is 2.17 bits per heavy atom. The van der Waals surface area contributed by atoms with Gasteiger partial charge in [0.2, 0.25) is 0 Å². The van der Waals surface area contributed by atoms with Gasteiger partial charge in [-0.3, -0.25) is 5.10 Å². The van der Waals surface area contributed by atoms with Gasteiger partial charge in [-0.15, -0.1) is 5.10 Å². The number of nitrogen functional groups attached to an aromatic ring is 1. The van der Waals surface area contributed by atoms with Crippen LogP contribution in [0.15, 0.2) is 12.1 Å². The predicted molar refractivity (Wildman–Crippen MR) is 67.3 cm³/mol. The van der Waals surface area contributed by atoms with E-state index < -0.39 is 0 Å². The number of rotatable bonds is 2. The first-order chi connectivity index (χ1) is 8.70. The number of nitrogens with one attached hydrogen (secondary N) is 1. The molecule has 3 aromatic rings. The first-order valence-electron chi connectivity index (χ1n) is 5.73. The van der Waals surface area contributed by atoms with Crippen LogP contribution in [0.2, 0.25) is 0 Å². The average molecular weight is 243 g/mol. The summed E-state index contributed by atoms with van der Waals surface area (Å²) in [6, 6.07) is 3.75. The molecule has 7 nitrogen and oxygen atoms in total. The topological polar surface area (TPSA) is 98.3 Å². The molecule has 3 aromatic heterocycles. The Labute approximate surface area is 103 Å². The maximum absolute atomic E-state index is 5.86. The van der Waals surface area contributed by atoms with Gasteiger partial charge in [0.05, 0.1) is 16.8 Å². The largest absolute Gasteiger partial charge is 0.383 e. The number of aromatic amines is 1. The monoisotopic (exact) mass is 243 g/mol. The van der Waals surface area contributed by atoms with Gasteiger partial charge in [-0.2, -0.15) is 20.0 Å². The van der Waals surface area contributed by atoms with Crippen molar-refractivity contribution in [3.8, 4) is 5.82 Å². The lowest BCUT2D eigenvalue weighted by molar-refractivity contribution is 0.791. The molecule has 18 heavy (non-hydrogen) atoms. The van der Waals surface area contributed by atoms with Crippen LogP contribution in [-0.2, 0) is 6.42 Å². The third-order valence-corrected chi connectivity index (χ3v) is 2.82. The number of nitrogens with zero attached hydrogens (tertiary/aromatic N) is 5. The van der Waals surface area contributed by atoms with E-state index in [1.165, 1.54) is 0 Å². The smallest absolute Gasteiger partial charge is 0.188 e. The highest BCUT2D eigenvalue weighted by molar-refractivity contribution is 5.89. The zero-order valence-electron chi connectivity index (χ0n) is 10.2. The standard InChI is InChI=1S/C11H13N7/c1-3-7-9-10(12)15-16-11(9)18(17-7)8-5-4-6(2)13-14-8/h4-5H,3H2,1-2H3,(H3,12,15,16). The van der Waals surface area contributed by atoms with Crippen molar-refractivity contribution in [1.82, 2.24) is 30.2 Å². The van der Waals surface area contributed by atoms with Crippen molar-refractivity contribution in [2.75, 3.05) is 5.73 Å². The molecule has 0 aliphatic rings. The molecule has 0 bridgehead atoms. The van der Waals surface area contributed by atoms with Gasteiger partial charge < -0.3 is 5.73 Å².